The lowest BCUT2D eigenvalue weighted by molar-refractivity contribution is -0.0651. The van der Waals surface area contributed by atoms with Crippen LogP contribution in [0.1, 0.15) is 52.9 Å². The predicted octanol–water partition coefficient (Wildman–Crippen LogP) is 3.78. The Hall–Kier alpha value is -0.300. The highest BCUT2D eigenvalue weighted by Crippen LogP contribution is 2.60. The minimum atomic E-state index is 0.294. The summed E-state index contributed by atoms with van der Waals surface area (Å²) in [5, 5.41) is 9.67. The van der Waals surface area contributed by atoms with Crippen molar-refractivity contribution in [1.29, 1.82) is 0 Å². The van der Waals surface area contributed by atoms with Crippen molar-refractivity contribution in [3.05, 3.63) is 12.2 Å². The topological polar surface area (TPSA) is 20.2 Å². The zero-order valence-electron chi connectivity index (χ0n) is 11.1. The van der Waals surface area contributed by atoms with E-state index < -0.39 is 0 Å². The molecule has 2 rings (SSSR count). The van der Waals surface area contributed by atoms with Crippen molar-refractivity contribution in [2.24, 2.45) is 22.7 Å². The third kappa shape index (κ3) is 1.64. The predicted molar refractivity (Wildman–Crippen MR) is 68.2 cm³/mol. The smallest absolute Gasteiger partial charge is 0.0501 e. The molecule has 1 nitrogen and oxygen atoms in total. The van der Waals surface area contributed by atoms with Gasteiger partial charge in [-0.25, -0.2) is 0 Å². The summed E-state index contributed by atoms with van der Waals surface area (Å²) in [5.74, 6) is 1.10. The van der Waals surface area contributed by atoms with Crippen LogP contribution in [0.5, 0.6) is 0 Å². The summed E-state index contributed by atoms with van der Waals surface area (Å²) in [6, 6.07) is 0. The molecule has 0 bridgehead atoms. The number of rotatable bonds is 1. The molecule has 0 aliphatic heterocycles. The first-order valence-electron chi connectivity index (χ1n) is 6.70. The molecule has 2 fully saturated rings. The van der Waals surface area contributed by atoms with Crippen molar-refractivity contribution in [3.63, 3.8) is 0 Å². The van der Waals surface area contributed by atoms with Gasteiger partial charge in [0.05, 0.1) is 6.61 Å². The van der Waals surface area contributed by atoms with Crippen molar-refractivity contribution < 1.29 is 5.11 Å². The first kappa shape index (κ1) is 12.2. The van der Waals surface area contributed by atoms with Gasteiger partial charge in [-0.15, -0.1) is 0 Å². The number of hydrogen-bond acceptors (Lipinski definition) is 1. The Balaban J connectivity index is 2.34. The molecular formula is C15H26O. The Morgan fingerprint density at radius 1 is 1.31 bits per heavy atom. The Kier molecular flexibility index (Phi) is 2.94. The molecule has 1 heteroatoms. The molecule has 0 radical (unpaired) electrons. The van der Waals surface area contributed by atoms with Crippen LogP contribution in [0, 0.1) is 22.7 Å². The largest absolute Gasteiger partial charge is 0.396 e. The van der Waals surface area contributed by atoms with Crippen molar-refractivity contribution >= 4 is 0 Å². The van der Waals surface area contributed by atoms with Gasteiger partial charge in [-0.3, -0.25) is 0 Å². The molecule has 1 N–H and O–H groups in total. The molecule has 0 aromatic heterocycles. The second-order valence-corrected chi connectivity index (χ2v) is 6.83. The van der Waals surface area contributed by atoms with Crippen LogP contribution in [0.3, 0.4) is 0 Å². The summed E-state index contributed by atoms with van der Waals surface area (Å²) in [4.78, 5) is 0. The Morgan fingerprint density at radius 2 is 2.00 bits per heavy atom. The van der Waals surface area contributed by atoms with Crippen molar-refractivity contribution in [2.45, 2.75) is 52.9 Å². The zero-order valence-corrected chi connectivity index (χ0v) is 11.1. The fourth-order valence-corrected chi connectivity index (χ4v) is 4.61. The van der Waals surface area contributed by atoms with Crippen LogP contribution >= 0.6 is 0 Å². The first-order valence-corrected chi connectivity index (χ1v) is 6.70. The summed E-state index contributed by atoms with van der Waals surface area (Å²) in [7, 11) is 0. The average molecular weight is 222 g/mol. The Labute approximate surface area is 99.9 Å². The highest BCUT2D eigenvalue weighted by molar-refractivity contribution is 5.15. The molecule has 0 aromatic rings. The zero-order chi connectivity index (χ0) is 12.0. The maximum atomic E-state index is 9.67. The van der Waals surface area contributed by atoms with Gasteiger partial charge in [0.15, 0.2) is 0 Å². The summed E-state index contributed by atoms with van der Waals surface area (Å²) < 4.78 is 0. The first-order chi connectivity index (χ1) is 7.42. The normalized spacial score (nSPS) is 42.9. The van der Waals surface area contributed by atoms with Crippen LogP contribution < -0.4 is 0 Å². The van der Waals surface area contributed by atoms with Crippen molar-refractivity contribution in [3.8, 4) is 0 Å². The van der Waals surface area contributed by atoms with Crippen LogP contribution in [0.15, 0.2) is 12.2 Å². The van der Waals surface area contributed by atoms with Crippen LogP contribution in [0.4, 0.5) is 0 Å². The van der Waals surface area contributed by atoms with Gasteiger partial charge in [0.1, 0.15) is 0 Å². The molecule has 92 valence electrons. The maximum Gasteiger partial charge on any atom is 0.0501 e. The highest BCUT2D eigenvalue weighted by atomic mass is 16.3. The number of hydrogen-bond donors (Lipinski definition) is 1. The number of aliphatic hydroxyl groups excluding tert-OH is 1. The fraction of sp³-hybridized carbons (Fsp3) is 0.867. The number of aliphatic hydroxyl groups is 1. The third-order valence-corrected chi connectivity index (χ3v) is 5.50. The third-order valence-electron chi connectivity index (χ3n) is 5.50. The van der Waals surface area contributed by atoms with Crippen LogP contribution in [-0.4, -0.2) is 11.7 Å². The van der Waals surface area contributed by atoms with Gasteiger partial charge < -0.3 is 5.11 Å². The fourth-order valence-electron chi connectivity index (χ4n) is 4.61. The second-order valence-electron chi connectivity index (χ2n) is 6.83. The van der Waals surface area contributed by atoms with Gasteiger partial charge in [-0.2, -0.15) is 0 Å². The Morgan fingerprint density at radius 3 is 2.62 bits per heavy atom. The van der Waals surface area contributed by atoms with E-state index in [4.69, 9.17) is 0 Å². The van der Waals surface area contributed by atoms with Gasteiger partial charge >= 0.3 is 0 Å². The molecule has 0 aromatic carbocycles. The van der Waals surface area contributed by atoms with E-state index in [1.54, 1.807) is 0 Å². The Bertz CT molecular complexity index is 292. The monoisotopic (exact) mass is 222 g/mol. The minimum absolute atomic E-state index is 0.294. The second kappa shape index (κ2) is 3.87. The molecular weight excluding hydrogens is 196 g/mol. The molecule has 0 saturated heterocycles. The van der Waals surface area contributed by atoms with E-state index >= 15 is 0 Å². The molecule has 16 heavy (non-hydrogen) atoms. The van der Waals surface area contributed by atoms with Gasteiger partial charge in [0.25, 0.3) is 0 Å². The SMILES string of the molecule is C=C1CC[C@H]2C(C)(C)CCC[C@]2(C)[C@H]1CO. The molecule has 2 aliphatic carbocycles. The van der Waals surface area contributed by atoms with E-state index in [0.717, 1.165) is 12.3 Å². The van der Waals surface area contributed by atoms with E-state index in [1.807, 2.05) is 0 Å². The van der Waals surface area contributed by atoms with Crippen LogP contribution in [0.2, 0.25) is 0 Å². The van der Waals surface area contributed by atoms with Gasteiger partial charge in [0, 0.05) is 5.92 Å². The standard InChI is InChI=1S/C15H26O/c1-11-6-7-13-14(2,3)8-5-9-15(13,4)12(11)10-16/h12-13,16H,1,5-10H2,2-4H3/t12-,13-,15+/m0/s1. The molecule has 0 amide bonds. The molecule has 0 unspecified atom stereocenters. The molecule has 2 saturated carbocycles. The number of fused-ring (bicyclic) bond motifs is 1. The molecule has 0 spiro atoms. The quantitative estimate of drug-likeness (QED) is 0.669. The minimum Gasteiger partial charge on any atom is -0.396 e. The average Bonchev–Trinajstić information content (AvgIpc) is 2.15. The summed E-state index contributed by atoms with van der Waals surface area (Å²) >= 11 is 0. The lowest BCUT2D eigenvalue weighted by Gasteiger charge is -2.57. The van der Waals surface area contributed by atoms with Crippen molar-refractivity contribution in [2.75, 3.05) is 6.61 Å². The van der Waals surface area contributed by atoms with Gasteiger partial charge in [0.2, 0.25) is 0 Å². The van der Waals surface area contributed by atoms with E-state index in [-0.39, 0.29) is 0 Å². The molecule has 0 heterocycles. The van der Waals surface area contributed by atoms with Crippen molar-refractivity contribution in [1.82, 2.24) is 0 Å². The summed E-state index contributed by atoms with van der Waals surface area (Å²) in [6.07, 6.45) is 6.32. The lowest BCUT2D eigenvalue weighted by Crippen LogP contribution is -2.50. The van der Waals surface area contributed by atoms with Crippen LogP contribution in [-0.2, 0) is 0 Å². The highest BCUT2D eigenvalue weighted by Gasteiger charge is 2.52. The van der Waals surface area contributed by atoms with Gasteiger partial charge in [-0.1, -0.05) is 39.3 Å². The summed E-state index contributed by atoms with van der Waals surface area (Å²) in [6.45, 7) is 11.7. The van der Waals surface area contributed by atoms with E-state index in [9.17, 15) is 5.11 Å². The van der Waals surface area contributed by atoms with Crippen LogP contribution in [0.25, 0.3) is 0 Å². The lowest BCUT2D eigenvalue weighted by atomic mass is 9.48. The summed E-state index contributed by atoms with van der Waals surface area (Å²) in [5.41, 5.74) is 2.03. The van der Waals surface area contributed by atoms with E-state index in [2.05, 4.69) is 27.4 Å². The van der Waals surface area contributed by atoms with E-state index in [1.165, 1.54) is 31.3 Å². The van der Waals surface area contributed by atoms with Gasteiger partial charge in [-0.05, 0) is 42.4 Å². The van der Waals surface area contributed by atoms with E-state index in [0.29, 0.717) is 23.4 Å². The molecule has 2 aliphatic rings. The molecule has 3 atom stereocenters. The maximum absolute atomic E-state index is 9.67.